The minimum Gasteiger partial charge on any atom is -0.345 e. The number of benzene rings is 1. The van der Waals surface area contributed by atoms with E-state index >= 15 is 0 Å². The largest absolute Gasteiger partial charge is 0.345 e. The summed E-state index contributed by atoms with van der Waals surface area (Å²) < 4.78 is 0. The van der Waals surface area contributed by atoms with Crippen LogP contribution in [0.1, 0.15) is 10.4 Å². The first-order chi connectivity index (χ1) is 5.61. The maximum Gasteiger partial charge on any atom is 0.253 e. The number of hydrogen-bond acceptors (Lipinski definition) is 2. The van der Waals surface area contributed by atoms with Gasteiger partial charge in [-0.3, -0.25) is 4.79 Å². The van der Waals surface area contributed by atoms with Gasteiger partial charge in [-0.1, -0.05) is 6.07 Å². The second-order valence-corrected chi connectivity index (χ2v) is 3.27. The molecule has 2 nitrogen and oxygen atoms in total. The van der Waals surface area contributed by atoms with Crippen molar-refractivity contribution in [2.24, 2.45) is 0 Å². The zero-order chi connectivity index (χ0) is 9.14. The minimum absolute atomic E-state index is 0.00546. The summed E-state index contributed by atoms with van der Waals surface area (Å²) in [6, 6.07) is 7.20. The van der Waals surface area contributed by atoms with E-state index in [2.05, 4.69) is 12.6 Å². The molecule has 0 radical (unpaired) electrons. The molecule has 0 saturated carbocycles. The van der Waals surface area contributed by atoms with Crippen molar-refractivity contribution in [3.63, 3.8) is 0 Å². The van der Waals surface area contributed by atoms with Crippen LogP contribution in [0.4, 0.5) is 0 Å². The molecule has 64 valence electrons. The lowest BCUT2D eigenvalue weighted by Crippen LogP contribution is -2.21. The van der Waals surface area contributed by atoms with Crippen LogP contribution in [0.25, 0.3) is 0 Å². The van der Waals surface area contributed by atoms with Crippen molar-refractivity contribution in [2.45, 2.75) is 4.90 Å². The van der Waals surface area contributed by atoms with Crippen LogP contribution in [0, 0.1) is 0 Å². The summed E-state index contributed by atoms with van der Waals surface area (Å²) >= 11 is 4.15. The average Bonchev–Trinajstić information content (AvgIpc) is 2.03. The van der Waals surface area contributed by atoms with Crippen molar-refractivity contribution in [1.29, 1.82) is 0 Å². The molecule has 0 aliphatic rings. The van der Waals surface area contributed by atoms with Crippen molar-refractivity contribution in [3.8, 4) is 0 Å². The van der Waals surface area contributed by atoms with Crippen LogP contribution in [-0.4, -0.2) is 24.9 Å². The fourth-order valence-corrected chi connectivity index (χ4v) is 1.12. The fourth-order valence-electron chi connectivity index (χ4n) is 0.897. The van der Waals surface area contributed by atoms with E-state index in [0.29, 0.717) is 5.56 Å². The van der Waals surface area contributed by atoms with Gasteiger partial charge in [0.25, 0.3) is 5.91 Å². The lowest BCUT2D eigenvalue weighted by molar-refractivity contribution is 0.0827. The van der Waals surface area contributed by atoms with Gasteiger partial charge >= 0.3 is 0 Å². The zero-order valence-electron chi connectivity index (χ0n) is 7.11. The topological polar surface area (TPSA) is 20.3 Å². The van der Waals surface area contributed by atoms with Crippen molar-refractivity contribution in [2.75, 3.05) is 14.1 Å². The lowest BCUT2D eigenvalue weighted by Gasteiger charge is -2.09. The van der Waals surface area contributed by atoms with Crippen LogP contribution in [0.5, 0.6) is 0 Å². The Balaban J connectivity index is 2.96. The van der Waals surface area contributed by atoms with Crippen molar-refractivity contribution < 1.29 is 4.79 Å². The normalized spacial score (nSPS) is 9.58. The molecule has 0 aromatic heterocycles. The van der Waals surface area contributed by atoms with Gasteiger partial charge in [0.05, 0.1) is 0 Å². The average molecular weight is 181 g/mol. The zero-order valence-corrected chi connectivity index (χ0v) is 8.01. The first-order valence-electron chi connectivity index (χ1n) is 3.62. The van der Waals surface area contributed by atoms with Crippen molar-refractivity contribution in [1.82, 2.24) is 4.90 Å². The molecule has 0 bridgehead atoms. The van der Waals surface area contributed by atoms with Crippen LogP contribution in [0.3, 0.4) is 0 Å². The van der Waals surface area contributed by atoms with Gasteiger partial charge in [-0.25, -0.2) is 0 Å². The van der Waals surface area contributed by atoms with E-state index in [-0.39, 0.29) is 5.91 Å². The molecule has 3 heteroatoms. The maximum atomic E-state index is 11.4. The third kappa shape index (κ3) is 2.01. The summed E-state index contributed by atoms with van der Waals surface area (Å²) in [7, 11) is 3.46. The van der Waals surface area contributed by atoms with Gasteiger partial charge in [0.2, 0.25) is 0 Å². The Bertz CT molecular complexity index is 296. The predicted octanol–water partition coefficient (Wildman–Crippen LogP) is 1.68. The second kappa shape index (κ2) is 3.63. The van der Waals surface area contributed by atoms with Gasteiger partial charge in [0.1, 0.15) is 0 Å². The predicted molar refractivity (Wildman–Crippen MR) is 51.7 cm³/mol. The third-order valence-corrected chi connectivity index (χ3v) is 1.78. The summed E-state index contributed by atoms with van der Waals surface area (Å²) in [6.07, 6.45) is 0. The Labute approximate surface area is 77.6 Å². The number of amides is 1. The van der Waals surface area contributed by atoms with Crippen LogP contribution in [-0.2, 0) is 0 Å². The highest BCUT2D eigenvalue weighted by Gasteiger charge is 2.06. The Morgan fingerprint density at radius 1 is 1.42 bits per heavy atom. The van der Waals surface area contributed by atoms with Gasteiger partial charge in [-0.2, -0.15) is 0 Å². The highest BCUT2D eigenvalue weighted by molar-refractivity contribution is 7.80. The van der Waals surface area contributed by atoms with E-state index in [4.69, 9.17) is 0 Å². The Morgan fingerprint density at radius 3 is 2.58 bits per heavy atom. The molecule has 0 aliphatic heterocycles. The molecule has 0 atom stereocenters. The molecule has 0 N–H and O–H groups in total. The van der Waals surface area contributed by atoms with E-state index in [1.54, 1.807) is 31.1 Å². The monoisotopic (exact) mass is 181 g/mol. The van der Waals surface area contributed by atoms with E-state index < -0.39 is 0 Å². The standard InChI is InChI=1S/C9H11NOS/c1-10(2)9(11)7-4-3-5-8(12)6-7/h3-6,12H,1-2H3. The Hall–Kier alpha value is -0.960. The molecule has 1 aromatic carbocycles. The first-order valence-corrected chi connectivity index (χ1v) is 4.06. The van der Waals surface area contributed by atoms with E-state index in [1.165, 1.54) is 0 Å². The van der Waals surface area contributed by atoms with Gasteiger partial charge in [0, 0.05) is 24.6 Å². The molecular weight excluding hydrogens is 170 g/mol. The molecule has 0 fully saturated rings. The Morgan fingerprint density at radius 2 is 2.08 bits per heavy atom. The smallest absolute Gasteiger partial charge is 0.253 e. The molecule has 12 heavy (non-hydrogen) atoms. The molecule has 0 saturated heterocycles. The SMILES string of the molecule is CN(C)C(=O)c1cccc(S)c1. The minimum atomic E-state index is 0.00546. The van der Waals surface area contributed by atoms with Crippen LogP contribution in [0.15, 0.2) is 29.2 Å². The molecule has 0 heterocycles. The number of hydrogen-bond donors (Lipinski definition) is 1. The first kappa shape index (κ1) is 9.13. The molecule has 0 unspecified atom stereocenters. The van der Waals surface area contributed by atoms with Gasteiger partial charge in [-0.05, 0) is 18.2 Å². The maximum absolute atomic E-state index is 11.4. The molecule has 0 aliphatic carbocycles. The van der Waals surface area contributed by atoms with Crippen LogP contribution in [0.2, 0.25) is 0 Å². The number of thiol groups is 1. The molecule has 1 amide bonds. The summed E-state index contributed by atoms with van der Waals surface area (Å²) in [5.74, 6) is 0.00546. The highest BCUT2D eigenvalue weighted by atomic mass is 32.1. The second-order valence-electron chi connectivity index (χ2n) is 2.75. The fraction of sp³-hybridized carbons (Fsp3) is 0.222. The number of carbonyl (C=O) groups is 1. The molecule has 1 rings (SSSR count). The molecule has 0 spiro atoms. The Kier molecular flexibility index (Phi) is 2.76. The number of carbonyl (C=O) groups excluding carboxylic acids is 1. The highest BCUT2D eigenvalue weighted by Crippen LogP contribution is 2.09. The third-order valence-electron chi connectivity index (χ3n) is 1.50. The summed E-state index contributed by atoms with van der Waals surface area (Å²) in [6.45, 7) is 0. The van der Waals surface area contributed by atoms with Crippen molar-refractivity contribution >= 4 is 18.5 Å². The summed E-state index contributed by atoms with van der Waals surface area (Å²) in [5, 5.41) is 0. The summed E-state index contributed by atoms with van der Waals surface area (Å²) in [4.78, 5) is 13.7. The number of rotatable bonds is 1. The van der Waals surface area contributed by atoms with Crippen molar-refractivity contribution in [3.05, 3.63) is 29.8 Å². The van der Waals surface area contributed by atoms with Gasteiger partial charge < -0.3 is 4.90 Å². The van der Waals surface area contributed by atoms with Crippen LogP contribution < -0.4 is 0 Å². The van der Waals surface area contributed by atoms with E-state index in [1.807, 2.05) is 12.1 Å². The van der Waals surface area contributed by atoms with Gasteiger partial charge in [0.15, 0.2) is 0 Å². The van der Waals surface area contributed by atoms with Crippen LogP contribution >= 0.6 is 12.6 Å². The van der Waals surface area contributed by atoms with E-state index in [9.17, 15) is 4.79 Å². The number of nitrogens with zero attached hydrogens (tertiary/aromatic N) is 1. The van der Waals surface area contributed by atoms with E-state index in [0.717, 1.165) is 4.90 Å². The lowest BCUT2D eigenvalue weighted by atomic mass is 10.2. The molecule has 1 aromatic rings. The quantitative estimate of drug-likeness (QED) is 0.653. The van der Waals surface area contributed by atoms with Gasteiger partial charge in [-0.15, -0.1) is 12.6 Å². The molecular formula is C9H11NOS. The summed E-state index contributed by atoms with van der Waals surface area (Å²) in [5.41, 5.74) is 0.674.